The van der Waals surface area contributed by atoms with Gasteiger partial charge in [-0.05, 0) is 31.5 Å². The third kappa shape index (κ3) is 3.98. The minimum absolute atomic E-state index is 0.204. The largest absolute Gasteiger partial charge is 0.495 e. The van der Waals surface area contributed by atoms with Crippen LogP contribution in [0.3, 0.4) is 0 Å². The van der Waals surface area contributed by atoms with E-state index in [-0.39, 0.29) is 11.3 Å². The lowest BCUT2D eigenvalue weighted by Gasteiger charge is -2.13. The summed E-state index contributed by atoms with van der Waals surface area (Å²) in [7, 11) is 4.79. The van der Waals surface area contributed by atoms with E-state index in [2.05, 4.69) is 15.0 Å². The Morgan fingerprint density at radius 3 is 2.70 bits per heavy atom. The van der Waals surface area contributed by atoms with Crippen LogP contribution in [0, 0.1) is 12.8 Å². The standard InChI is InChI=1S/C22H24N4O4/c1-13-23-10-18(14-8-20(29-4)22(27)26(2)11-14)21(25-13)30-12-15-7-17(15)19-6-5-16(28-3)9-24-19/h5-6,8-11,15,17H,7,12H2,1-4H3. The van der Waals surface area contributed by atoms with Gasteiger partial charge in [-0.15, -0.1) is 0 Å². The molecule has 0 aliphatic heterocycles. The second kappa shape index (κ2) is 8.14. The summed E-state index contributed by atoms with van der Waals surface area (Å²) in [6, 6.07) is 5.61. The van der Waals surface area contributed by atoms with Gasteiger partial charge >= 0.3 is 0 Å². The molecule has 3 aromatic heterocycles. The summed E-state index contributed by atoms with van der Waals surface area (Å²) in [5, 5.41) is 0. The van der Waals surface area contributed by atoms with Gasteiger partial charge in [0.25, 0.3) is 5.56 Å². The van der Waals surface area contributed by atoms with Crippen molar-refractivity contribution in [3.8, 4) is 28.5 Å². The Balaban J connectivity index is 1.52. The van der Waals surface area contributed by atoms with E-state index < -0.39 is 0 Å². The summed E-state index contributed by atoms with van der Waals surface area (Å²) < 4.78 is 18.0. The van der Waals surface area contributed by atoms with Crippen LogP contribution in [0.15, 0.2) is 41.6 Å². The van der Waals surface area contributed by atoms with Crippen molar-refractivity contribution in [1.82, 2.24) is 19.5 Å². The van der Waals surface area contributed by atoms with Crippen LogP contribution in [0.5, 0.6) is 17.4 Å². The van der Waals surface area contributed by atoms with E-state index in [9.17, 15) is 4.79 Å². The van der Waals surface area contributed by atoms with Crippen LogP contribution in [0.2, 0.25) is 0 Å². The number of nitrogens with zero attached hydrogens (tertiary/aromatic N) is 4. The van der Waals surface area contributed by atoms with Gasteiger partial charge in [-0.25, -0.2) is 4.98 Å². The Kier molecular flexibility index (Phi) is 5.39. The first kappa shape index (κ1) is 19.9. The minimum atomic E-state index is -0.204. The first-order chi connectivity index (χ1) is 14.5. The topological polar surface area (TPSA) is 88.4 Å². The van der Waals surface area contributed by atoms with Crippen molar-refractivity contribution in [1.29, 1.82) is 0 Å². The predicted molar refractivity (Wildman–Crippen MR) is 111 cm³/mol. The zero-order valence-corrected chi connectivity index (χ0v) is 17.5. The number of pyridine rings is 2. The molecule has 0 saturated heterocycles. The molecule has 4 rings (SSSR count). The van der Waals surface area contributed by atoms with Crippen LogP contribution in [-0.4, -0.2) is 40.3 Å². The molecule has 1 fully saturated rings. The molecule has 0 radical (unpaired) electrons. The molecular formula is C22H24N4O4. The Labute approximate surface area is 174 Å². The Hall–Kier alpha value is -3.42. The highest BCUT2D eigenvalue weighted by Crippen LogP contribution is 2.47. The average molecular weight is 408 g/mol. The summed E-state index contributed by atoms with van der Waals surface area (Å²) in [6.07, 6.45) is 6.20. The molecule has 0 N–H and O–H groups in total. The first-order valence-corrected chi connectivity index (χ1v) is 9.71. The summed E-state index contributed by atoms with van der Waals surface area (Å²) in [4.78, 5) is 25.4. The quantitative estimate of drug-likeness (QED) is 0.594. The summed E-state index contributed by atoms with van der Waals surface area (Å²) in [5.74, 6) is 2.88. The number of methoxy groups -OCH3 is 2. The minimum Gasteiger partial charge on any atom is -0.495 e. The summed E-state index contributed by atoms with van der Waals surface area (Å²) >= 11 is 0. The number of hydrogen-bond acceptors (Lipinski definition) is 7. The lowest BCUT2D eigenvalue weighted by molar-refractivity contribution is 0.285. The highest BCUT2D eigenvalue weighted by Gasteiger charge is 2.40. The molecule has 30 heavy (non-hydrogen) atoms. The van der Waals surface area contributed by atoms with Crippen molar-refractivity contribution in [2.45, 2.75) is 19.3 Å². The van der Waals surface area contributed by atoms with Gasteiger partial charge in [-0.2, -0.15) is 4.98 Å². The van der Waals surface area contributed by atoms with E-state index in [1.54, 1.807) is 38.8 Å². The molecule has 3 heterocycles. The predicted octanol–water partition coefficient (Wildman–Crippen LogP) is 2.75. The molecular weight excluding hydrogens is 384 g/mol. The highest BCUT2D eigenvalue weighted by molar-refractivity contribution is 5.68. The fraction of sp³-hybridized carbons (Fsp3) is 0.364. The van der Waals surface area contributed by atoms with Gasteiger partial charge in [0.15, 0.2) is 5.75 Å². The van der Waals surface area contributed by atoms with Gasteiger partial charge < -0.3 is 18.8 Å². The van der Waals surface area contributed by atoms with Crippen LogP contribution in [0.4, 0.5) is 0 Å². The molecule has 0 aromatic carbocycles. The van der Waals surface area contributed by atoms with Crippen molar-refractivity contribution in [2.75, 3.05) is 20.8 Å². The molecule has 2 unspecified atom stereocenters. The van der Waals surface area contributed by atoms with E-state index in [1.807, 2.05) is 19.1 Å². The number of ether oxygens (including phenoxy) is 3. The lowest BCUT2D eigenvalue weighted by Crippen LogP contribution is -2.18. The van der Waals surface area contributed by atoms with Crippen LogP contribution < -0.4 is 19.8 Å². The van der Waals surface area contributed by atoms with Crippen LogP contribution in [0.25, 0.3) is 11.1 Å². The van der Waals surface area contributed by atoms with E-state index >= 15 is 0 Å². The second-order valence-corrected chi connectivity index (χ2v) is 7.39. The number of rotatable bonds is 7. The maximum Gasteiger partial charge on any atom is 0.292 e. The van der Waals surface area contributed by atoms with Crippen molar-refractivity contribution in [2.24, 2.45) is 13.0 Å². The van der Waals surface area contributed by atoms with Crippen molar-refractivity contribution >= 4 is 0 Å². The third-order valence-electron chi connectivity index (χ3n) is 5.29. The summed E-state index contributed by atoms with van der Waals surface area (Å²) in [5.41, 5.74) is 2.32. The SMILES string of the molecule is COc1ccc(C2CC2COc2nc(C)ncc2-c2cc(OC)c(=O)n(C)c2)nc1. The average Bonchev–Trinajstić information content (AvgIpc) is 3.54. The molecule has 0 spiro atoms. The molecule has 2 atom stereocenters. The number of aromatic nitrogens is 4. The maximum absolute atomic E-state index is 12.1. The normalized spacial score (nSPS) is 17.5. The van der Waals surface area contributed by atoms with Crippen molar-refractivity contribution in [3.05, 3.63) is 58.7 Å². The molecule has 1 aliphatic rings. The smallest absolute Gasteiger partial charge is 0.292 e. The van der Waals surface area contributed by atoms with Crippen LogP contribution >= 0.6 is 0 Å². The zero-order valence-electron chi connectivity index (χ0n) is 17.5. The molecule has 8 nitrogen and oxygen atoms in total. The van der Waals surface area contributed by atoms with E-state index in [1.165, 1.54) is 11.7 Å². The lowest BCUT2D eigenvalue weighted by atomic mass is 10.1. The van der Waals surface area contributed by atoms with E-state index in [4.69, 9.17) is 14.2 Å². The van der Waals surface area contributed by atoms with Gasteiger partial charge in [-0.3, -0.25) is 9.78 Å². The highest BCUT2D eigenvalue weighted by atomic mass is 16.5. The maximum atomic E-state index is 12.1. The van der Waals surface area contributed by atoms with Gasteiger partial charge in [0, 0.05) is 42.5 Å². The zero-order chi connectivity index (χ0) is 21.3. The monoisotopic (exact) mass is 408 g/mol. The van der Waals surface area contributed by atoms with Gasteiger partial charge in [-0.1, -0.05) is 0 Å². The van der Waals surface area contributed by atoms with Crippen LogP contribution in [-0.2, 0) is 7.05 Å². The second-order valence-electron chi connectivity index (χ2n) is 7.39. The first-order valence-electron chi connectivity index (χ1n) is 9.71. The van der Waals surface area contributed by atoms with Crippen molar-refractivity contribution in [3.63, 3.8) is 0 Å². The van der Waals surface area contributed by atoms with Gasteiger partial charge in [0.2, 0.25) is 5.88 Å². The van der Waals surface area contributed by atoms with E-state index in [0.717, 1.165) is 23.4 Å². The fourth-order valence-corrected chi connectivity index (χ4v) is 3.44. The molecule has 156 valence electrons. The Morgan fingerprint density at radius 2 is 2.00 bits per heavy atom. The molecule has 1 aliphatic carbocycles. The van der Waals surface area contributed by atoms with Gasteiger partial charge in [0.1, 0.15) is 11.6 Å². The van der Waals surface area contributed by atoms with Crippen LogP contribution in [0.1, 0.15) is 23.9 Å². The molecule has 1 saturated carbocycles. The molecule has 0 bridgehead atoms. The molecule has 0 amide bonds. The number of hydrogen-bond donors (Lipinski definition) is 0. The Morgan fingerprint density at radius 1 is 1.17 bits per heavy atom. The summed E-state index contributed by atoms with van der Waals surface area (Å²) in [6.45, 7) is 2.35. The van der Waals surface area contributed by atoms with E-state index in [0.29, 0.717) is 35.7 Å². The Bertz CT molecular complexity index is 1110. The molecule has 8 heteroatoms. The number of aryl methyl sites for hydroxylation is 2. The molecule has 3 aromatic rings. The van der Waals surface area contributed by atoms with Gasteiger partial charge in [0.05, 0.1) is 32.6 Å². The third-order valence-corrected chi connectivity index (χ3v) is 5.29. The van der Waals surface area contributed by atoms with Crippen molar-refractivity contribution < 1.29 is 14.2 Å². The fourth-order valence-electron chi connectivity index (χ4n) is 3.44.